The monoisotopic (exact) mass is 251 g/mol. The molecular formula is C15H25NO2. The summed E-state index contributed by atoms with van der Waals surface area (Å²) in [5, 5.41) is 18.4. The maximum Gasteiger partial charge on any atom is 0.0475 e. The summed E-state index contributed by atoms with van der Waals surface area (Å²) in [4.78, 5) is 2.30. The van der Waals surface area contributed by atoms with Crippen molar-refractivity contribution in [3.63, 3.8) is 0 Å². The second-order valence-corrected chi connectivity index (χ2v) is 4.56. The highest BCUT2D eigenvalue weighted by atomic mass is 16.3. The molecule has 1 heterocycles. The first-order valence-corrected chi connectivity index (χ1v) is 6.81. The minimum Gasteiger partial charge on any atom is -0.396 e. The second kappa shape index (κ2) is 8.25. The summed E-state index contributed by atoms with van der Waals surface area (Å²) in [6.07, 6.45) is 0. The van der Waals surface area contributed by atoms with Gasteiger partial charge in [-0.1, -0.05) is 44.2 Å². The highest BCUT2D eigenvalue weighted by Gasteiger charge is 2.31. The number of hydrogen-bond donors (Lipinski definition) is 2. The summed E-state index contributed by atoms with van der Waals surface area (Å²) >= 11 is 0. The number of nitrogens with zero attached hydrogens (tertiary/aromatic N) is 1. The first-order chi connectivity index (χ1) is 8.83. The summed E-state index contributed by atoms with van der Waals surface area (Å²) < 4.78 is 0. The van der Waals surface area contributed by atoms with E-state index >= 15 is 0 Å². The van der Waals surface area contributed by atoms with E-state index in [1.54, 1.807) is 0 Å². The zero-order valence-corrected chi connectivity index (χ0v) is 11.4. The van der Waals surface area contributed by atoms with Crippen molar-refractivity contribution in [3.8, 4) is 0 Å². The number of benzene rings is 1. The van der Waals surface area contributed by atoms with Crippen LogP contribution in [0, 0.1) is 11.8 Å². The van der Waals surface area contributed by atoms with Crippen molar-refractivity contribution >= 4 is 0 Å². The minimum atomic E-state index is 0.177. The van der Waals surface area contributed by atoms with Gasteiger partial charge in [0.25, 0.3) is 0 Å². The van der Waals surface area contributed by atoms with Gasteiger partial charge in [-0.05, 0) is 5.56 Å². The molecule has 2 N–H and O–H groups in total. The van der Waals surface area contributed by atoms with E-state index in [9.17, 15) is 10.2 Å². The molecule has 3 nitrogen and oxygen atoms in total. The summed E-state index contributed by atoms with van der Waals surface area (Å²) in [7, 11) is 0. The van der Waals surface area contributed by atoms with Crippen LogP contribution in [-0.4, -0.2) is 41.4 Å². The third-order valence-corrected chi connectivity index (χ3v) is 3.37. The standard InChI is InChI=1S/C13H19NO2.C2H6/c15-9-12-7-14(8-13(12)10-16)6-11-4-2-1-3-5-11;1-2/h1-5,12-13,15-16H,6-10H2;1-2H3. The van der Waals surface area contributed by atoms with Crippen molar-refractivity contribution in [2.45, 2.75) is 20.4 Å². The summed E-state index contributed by atoms with van der Waals surface area (Å²) in [6.45, 7) is 7.04. The summed E-state index contributed by atoms with van der Waals surface area (Å²) in [5.74, 6) is 0.461. The Morgan fingerprint density at radius 1 is 1.00 bits per heavy atom. The van der Waals surface area contributed by atoms with Crippen molar-refractivity contribution in [1.82, 2.24) is 4.90 Å². The maximum atomic E-state index is 9.21. The third kappa shape index (κ3) is 4.09. The Morgan fingerprint density at radius 3 is 1.94 bits per heavy atom. The number of rotatable bonds is 4. The van der Waals surface area contributed by atoms with Crippen LogP contribution in [0.15, 0.2) is 30.3 Å². The number of hydrogen-bond acceptors (Lipinski definition) is 3. The molecule has 102 valence electrons. The van der Waals surface area contributed by atoms with Crippen LogP contribution in [0.2, 0.25) is 0 Å². The molecule has 1 aliphatic rings. The average molecular weight is 251 g/mol. The van der Waals surface area contributed by atoms with Crippen molar-refractivity contribution in [3.05, 3.63) is 35.9 Å². The van der Waals surface area contributed by atoms with Crippen molar-refractivity contribution < 1.29 is 10.2 Å². The summed E-state index contributed by atoms with van der Waals surface area (Å²) in [5.41, 5.74) is 1.29. The molecule has 0 radical (unpaired) electrons. The van der Waals surface area contributed by atoms with E-state index in [4.69, 9.17) is 0 Å². The Kier molecular flexibility index (Phi) is 6.94. The highest BCUT2D eigenvalue weighted by Crippen LogP contribution is 2.23. The molecule has 1 aliphatic heterocycles. The summed E-state index contributed by atoms with van der Waals surface area (Å²) in [6, 6.07) is 10.3. The van der Waals surface area contributed by atoms with Gasteiger partial charge in [-0.15, -0.1) is 0 Å². The Labute approximate surface area is 110 Å². The Balaban J connectivity index is 0.000000771. The van der Waals surface area contributed by atoms with Crippen LogP contribution in [0.5, 0.6) is 0 Å². The van der Waals surface area contributed by atoms with Crippen LogP contribution in [0.4, 0.5) is 0 Å². The molecule has 0 aliphatic carbocycles. The predicted molar refractivity (Wildman–Crippen MR) is 74.2 cm³/mol. The molecule has 0 saturated carbocycles. The lowest BCUT2D eigenvalue weighted by Crippen LogP contribution is -2.20. The quantitative estimate of drug-likeness (QED) is 0.857. The lowest BCUT2D eigenvalue weighted by Gasteiger charge is -2.15. The van der Waals surface area contributed by atoms with Gasteiger partial charge in [0.2, 0.25) is 0 Å². The second-order valence-electron chi connectivity index (χ2n) is 4.56. The molecule has 0 spiro atoms. The van der Waals surface area contributed by atoms with Gasteiger partial charge in [0.15, 0.2) is 0 Å². The first-order valence-electron chi connectivity index (χ1n) is 6.81. The lowest BCUT2D eigenvalue weighted by molar-refractivity contribution is 0.152. The zero-order valence-electron chi connectivity index (χ0n) is 11.4. The number of aliphatic hydroxyl groups excluding tert-OH is 2. The molecule has 0 amide bonds. The Morgan fingerprint density at radius 2 is 1.50 bits per heavy atom. The van der Waals surface area contributed by atoms with Crippen molar-refractivity contribution in [1.29, 1.82) is 0 Å². The van der Waals surface area contributed by atoms with Crippen LogP contribution in [0.1, 0.15) is 19.4 Å². The first kappa shape index (κ1) is 15.2. The molecule has 0 aromatic heterocycles. The van der Waals surface area contributed by atoms with E-state index in [2.05, 4.69) is 17.0 Å². The van der Waals surface area contributed by atoms with Crippen LogP contribution in [0.25, 0.3) is 0 Å². The van der Waals surface area contributed by atoms with E-state index in [1.165, 1.54) is 5.56 Å². The zero-order chi connectivity index (χ0) is 13.4. The van der Waals surface area contributed by atoms with Crippen molar-refractivity contribution in [2.75, 3.05) is 26.3 Å². The van der Waals surface area contributed by atoms with E-state index in [-0.39, 0.29) is 25.0 Å². The molecule has 2 unspecified atom stereocenters. The largest absolute Gasteiger partial charge is 0.396 e. The normalized spacial score (nSPS) is 23.6. The fraction of sp³-hybridized carbons (Fsp3) is 0.600. The van der Waals surface area contributed by atoms with E-state index in [0.29, 0.717) is 0 Å². The predicted octanol–water partition coefficient (Wildman–Crippen LogP) is 1.75. The van der Waals surface area contributed by atoms with Crippen LogP contribution in [0.3, 0.4) is 0 Å². The Hall–Kier alpha value is -0.900. The van der Waals surface area contributed by atoms with Crippen LogP contribution < -0.4 is 0 Å². The maximum absolute atomic E-state index is 9.21. The molecule has 1 saturated heterocycles. The number of likely N-dealkylation sites (tertiary alicyclic amines) is 1. The van der Waals surface area contributed by atoms with Gasteiger partial charge in [-0.2, -0.15) is 0 Å². The minimum absolute atomic E-state index is 0.177. The van der Waals surface area contributed by atoms with Gasteiger partial charge in [0, 0.05) is 44.7 Å². The smallest absolute Gasteiger partial charge is 0.0475 e. The molecule has 2 atom stereocenters. The molecule has 1 fully saturated rings. The average Bonchev–Trinajstić information content (AvgIpc) is 2.84. The molecule has 18 heavy (non-hydrogen) atoms. The molecule has 2 rings (SSSR count). The van der Waals surface area contributed by atoms with Crippen LogP contribution in [-0.2, 0) is 6.54 Å². The van der Waals surface area contributed by atoms with E-state index < -0.39 is 0 Å². The van der Waals surface area contributed by atoms with Crippen molar-refractivity contribution in [2.24, 2.45) is 11.8 Å². The lowest BCUT2D eigenvalue weighted by atomic mass is 9.98. The van der Waals surface area contributed by atoms with Crippen LogP contribution >= 0.6 is 0 Å². The highest BCUT2D eigenvalue weighted by molar-refractivity contribution is 5.14. The van der Waals surface area contributed by atoms with Gasteiger partial charge in [-0.25, -0.2) is 0 Å². The van der Waals surface area contributed by atoms with Gasteiger partial charge in [0.1, 0.15) is 0 Å². The van der Waals surface area contributed by atoms with Gasteiger partial charge < -0.3 is 10.2 Å². The molecule has 0 bridgehead atoms. The third-order valence-electron chi connectivity index (χ3n) is 3.37. The van der Waals surface area contributed by atoms with Gasteiger partial charge in [0.05, 0.1) is 0 Å². The van der Waals surface area contributed by atoms with Gasteiger partial charge in [-0.3, -0.25) is 4.90 Å². The van der Waals surface area contributed by atoms with Gasteiger partial charge >= 0.3 is 0 Å². The van der Waals surface area contributed by atoms with E-state index in [0.717, 1.165) is 19.6 Å². The fourth-order valence-corrected chi connectivity index (χ4v) is 2.42. The van der Waals surface area contributed by atoms with E-state index in [1.807, 2.05) is 32.0 Å². The molecule has 3 heteroatoms. The number of aliphatic hydroxyl groups is 2. The molecule has 1 aromatic rings. The topological polar surface area (TPSA) is 43.7 Å². The molecule has 1 aromatic carbocycles. The SMILES string of the molecule is CC.OCC1CN(Cc2ccccc2)CC1CO. The fourth-order valence-electron chi connectivity index (χ4n) is 2.42. The molecular weight excluding hydrogens is 226 g/mol. The Bertz CT molecular complexity index is 304.